The lowest BCUT2D eigenvalue weighted by atomic mass is 9.96. The van der Waals surface area contributed by atoms with Gasteiger partial charge in [0, 0.05) is 11.1 Å². The minimum atomic E-state index is -0.123. The van der Waals surface area contributed by atoms with Crippen molar-refractivity contribution in [1.82, 2.24) is 4.98 Å². The number of aromatic nitrogens is 1. The van der Waals surface area contributed by atoms with Crippen LogP contribution in [0.4, 0.5) is 5.13 Å². The maximum absolute atomic E-state index is 12.4. The van der Waals surface area contributed by atoms with E-state index >= 15 is 0 Å². The van der Waals surface area contributed by atoms with Crippen LogP contribution >= 0.6 is 11.3 Å². The number of benzene rings is 1. The molecule has 0 aliphatic rings. The third kappa shape index (κ3) is 3.45. The molecule has 0 aliphatic carbocycles. The van der Waals surface area contributed by atoms with Crippen molar-refractivity contribution < 1.29 is 4.79 Å². The number of hydrogen-bond acceptors (Lipinski definition) is 3. The van der Waals surface area contributed by atoms with Gasteiger partial charge in [0.1, 0.15) is 0 Å². The van der Waals surface area contributed by atoms with E-state index in [1.807, 2.05) is 43.5 Å². The highest BCUT2D eigenvalue weighted by Crippen LogP contribution is 2.27. The molecular weight excluding hydrogens is 268 g/mol. The highest BCUT2D eigenvalue weighted by Gasteiger charge is 2.19. The minimum Gasteiger partial charge on any atom is -0.301 e. The van der Waals surface area contributed by atoms with E-state index in [0.717, 1.165) is 12.0 Å². The maximum atomic E-state index is 12.4. The summed E-state index contributed by atoms with van der Waals surface area (Å²) < 4.78 is 0. The van der Waals surface area contributed by atoms with Crippen LogP contribution in [-0.2, 0) is 4.79 Å². The van der Waals surface area contributed by atoms with Gasteiger partial charge < -0.3 is 5.32 Å². The monoisotopic (exact) mass is 288 g/mol. The summed E-state index contributed by atoms with van der Waals surface area (Å²) in [5, 5.41) is 3.62. The first kappa shape index (κ1) is 14.7. The zero-order valence-electron chi connectivity index (χ0n) is 12.1. The molecule has 0 radical (unpaired) electrons. The Morgan fingerprint density at radius 3 is 2.55 bits per heavy atom. The van der Waals surface area contributed by atoms with Gasteiger partial charge in [0.2, 0.25) is 5.91 Å². The van der Waals surface area contributed by atoms with E-state index in [1.165, 1.54) is 4.88 Å². The smallest absolute Gasteiger partial charge is 0.233 e. The zero-order valence-corrected chi connectivity index (χ0v) is 12.9. The lowest BCUT2D eigenvalue weighted by Gasteiger charge is -2.14. The highest BCUT2D eigenvalue weighted by molar-refractivity contribution is 7.15. The molecule has 0 aliphatic heterocycles. The molecule has 0 bridgehead atoms. The molecule has 1 heterocycles. The van der Waals surface area contributed by atoms with Gasteiger partial charge in [-0.3, -0.25) is 4.79 Å². The molecule has 2 rings (SSSR count). The summed E-state index contributed by atoms with van der Waals surface area (Å²) in [6.07, 6.45) is 2.62. The number of thiazole rings is 1. The summed E-state index contributed by atoms with van der Waals surface area (Å²) in [5.41, 5.74) is 1.05. The molecule has 1 aromatic carbocycles. The van der Waals surface area contributed by atoms with Crippen LogP contribution in [0.15, 0.2) is 36.5 Å². The Balaban J connectivity index is 2.09. The van der Waals surface area contributed by atoms with E-state index < -0.39 is 0 Å². The summed E-state index contributed by atoms with van der Waals surface area (Å²) in [4.78, 5) is 17.8. The van der Waals surface area contributed by atoms with Crippen molar-refractivity contribution in [2.45, 2.75) is 39.0 Å². The van der Waals surface area contributed by atoms with Crippen molar-refractivity contribution in [1.29, 1.82) is 0 Å². The van der Waals surface area contributed by atoms with Crippen LogP contribution in [0, 0.1) is 0 Å². The average molecular weight is 288 g/mol. The Bertz CT molecular complexity index is 563. The molecule has 1 aromatic heterocycles. The van der Waals surface area contributed by atoms with E-state index in [2.05, 4.69) is 24.1 Å². The summed E-state index contributed by atoms with van der Waals surface area (Å²) in [6.45, 7) is 6.27. The lowest BCUT2D eigenvalue weighted by molar-refractivity contribution is -0.117. The first-order valence-electron chi connectivity index (χ1n) is 6.93. The number of anilines is 1. The third-order valence-corrected chi connectivity index (χ3v) is 4.46. The second-order valence-electron chi connectivity index (χ2n) is 5.08. The molecule has 2 aromatic rings. The van der Waals surface area contributed by atoms with E-state index in [0.29, 0.717) is 11.0 Å². The molecule has 0 saturated heterocycles. The van der Waals surface area contributed by atoms with Crippen molar-refractivity contribution in [2.24, 2.45) is 0 Å². The first-order chi connectivity index (χ1) is 9.61. The molecule has 0 saturated carbocycles. The Labute approximate surface area is 124 Å². The molecule has 1 atom stereocenters. The third-order valence-electron chi connectivity index (χ3n) is 3.25. The number of hydrogen-bond donors (Lipinski definition) is 1. The number of rotatable bonds is 5. The minimum absolute atomic E-state index is 0.0170. The predicted octanol–water partition coefficient (Wildman–Crippen LogP) is 4.40. The molecule has 1 unspecified atom stereocenters. The van der Waals surface area contributed by atoms with Gasteiger partial charge >= 0.3 is 0 Å². The standard InChI is InChI=1S/C16H20N2OS/c1-4-13(12-8-6-5-7-9-12)15(19)18-16-17-10-14(20-16)11(2)3/h5-11,13H,4H2,1-3H3,(H,17,18,19). The average Bonchev–Trinajstić information content (AvgIpc) is 2.89. The quantitative estimate of drug-likeness (QED) is 0.886. The summed E-state index contributed by atoms with van der Waals surface area (Å²) in [5.74, 6) is 0.334. The number of amides is 1. The Kier molecular flexibility index (Phi) is 4.90. The van der Waals surface area contributed by atoms with Gasteiger partial charge in [0.05, 0.1) is 5.92 Å². The number of nitrogens with zero attached hydrogens (tertiary/aromatic N) is 1. The number of carbonyl (C=O) groups is 1. The molecule has 1 amide bonds. The fourth-order valence-corrected chi connectivity index (χ4v) is 2.88. The lowest BCUT2D eigenvalue weighted by Crippen LogP contribution is -2.20. The maximum Gasteiger partial charge on any atom is 0.233 e. The molecule has 0 spiro atoms. The fraction of sp³-hybridized carbons (Fsp3) is 0.375. The van der Waals surface area contributed by atoms with E-state index in [-0.39, 0.29) is 11.8 Å². The van der Waals surface area contributed by atoms with Crippen molar-refractivity contribution in [3.63, 3.8) is 0 Å². The predicted molar refractivity (Wildman–Crippen MR) is 84.3 cm³/mol. The molecule has 106 valence electrons. The van der Waals surface area contributed by atoms with Gasteiger partial charge in [0.25, 0.3) is 0 Å². The van der Waals surface area contributed by atoms with E-state index in [9.17, 15) is 4.79 Å². The molecule has 20 heavy (non-hydrogen) atoms. The molecular formula is C16H20N2OS. The van der Waals surface area contributed by atoms with Crippen molar-refractivity contribution in [3.8, 4) is 0 Å². The highest BCUT2D eigenvalue weighted by atomic mass is 32.1. The first-order valence-corrected chi connectivity index (χ1v) is 7.75. The second-order valence-corrected chi connectivity index (χ2v) is 6.15. The molecule has 1 N–H and O–H groups in total. The van der Waals surface area contributed by atoms with Crippen LogP contribution in [0.3, 0.4) is 0 Å². The van der Waals surface area contributed by atoms with Crippen LogP contribution < -0.4 is 5.32 Å². The Hall–Kier alpha value is -1.68. The summed E-state index contributed by atoms with van der Waals surface area (Å²) in [7, 11) is 0. The van der Waals surface area contributed by atoms with Gasteiger partial charge in [-0.2, -0.15) is 0 Å². The molecule has 0 fully saturated rings. The Morgan fingerprint density at radius 2 is 2.00 bits per heavy atom. The molecule has 4 heteroatoms. The van der Waals surface area contributed by atoms with Crippen LogP contribution in [0.2, 0.25) is 0 Å². The van der Waals surface area contributed by atoms with Crippen molar-refractivity contribution >= 4 is 22.4 Å². The van der Waals surface area contributed by atoms with Crippen molar-refractivity contribution in [3.05, 3.63) is 47.0 Å². The normalized spacial score (nSPS) is 12.4. The van der Waals surface area contributed by atoms with Gasteiger partial charge in [-0.25, -0.2) is 4.98 Å². The fourth-order valence-electron chi connectivity index (χ4n) is 2.06. The summed E-state index contributed by atoms with van der Waals surface area (Å²) in [6, 6.07) is 9.88. The summed E-state index contributed by atoms with van der Waals surface area (Å²) >= 11 is 1.55. The van der Waals surface area contributed by atoms with Crippen molar-refractivity contribution in [2.75, 3.05) is 5.32 Å². The number of nitrogens with one attached hydrogen (secondary N) is 1. The van der Waals surface area contributed by atoms with Crippen LogP contribution in [0.1, 0.15) is 49.5 Å². The van der Waals surface area contributed by atoms with E-state index in [1.54, 1.807) is 11.3 Å². The van der Waals surface area contributed by atoms with Gasteiger partial charge in [-0.15, -0.1) is 11.3 Å². The number of carbonyl (C=O) groups excluding carboxylic acids is 1. The van der Waals surface area contributed by atoms with Gasteiger partial charge in [-0.1, -0.05) is 51.1 Å². The van der Waals surface area contributed by atoms with Crippen LogP contribution in [0.5, 0.6) is 0 Å². The topological polar surface area (TPSA) is 42.0 Å². The largest absolute Gasteiger partial charge is 0.301 e. The van der Waals surface area contributed by atoms with Crippen LogP contribution in [0.25, 0.3) is 0 Å². The van der Waals surface area contributed by atoms with Gasteiger partial charge in [-0.05, 0) is 17.9 Å². The zero-order chi connectivity index (χ0) is 14.5. The Morgan fingerprint density at radius 1 is 1.30 bits per heavy atom. The van der Waals surface area contributed by atoms with E-state index in [4.69, 9.17) is 0 Å². The van der Waals surface area contributed by atoms with Gasteiger partial charge in [0.15, 0.2) is 5.13 Å². The second kappa shape index (κ2) is 6.66. The molecule has 3 nitrogen and oxygen atoms in total. The SMILES string of the molecule is CCC(C(=O)Nc1ncc(C(C)C)s1)c1ccccc1. The van der Waals surface area contributed by atoms with Crippen LogP contribution in [-0.4, -0.2) is 10.9 Å².